The second-order valence-corrected chi connectivity index (χ2v) is 4.60. The molecule has 1 rings (SSSR count). The van der Waals surface area contributed by atoms with E-state index in [1.165, 1.54) is 0 Å². The minimum absolute atomic E-state index is 0.0421. The first-order valence-electron chi connectivity index (χ1n) is 6.07. The number of carboxylic acids is 1. The molecule has 1 amide bonds. The Kier molecular flexibility index (Phi) is 5.41. The molecule has 0 spiro atoms. The quantitative estimate of drug-likeness (QED) is 0.735. The van der Waals surface area contributed by atoms with E-state index in [2.05, 4.69) is 0 Å². The van der Waals surface area contributed by atoms with Gasteiger partial charge in [0.15, 0.2) is 0 Å². The van der Waals surface area contributed by atoms with Crippen LogP contribution in [-0.4, -0.2) is 48.2 Å². The highest BCUT2D eigenvalue weighted by Gasteiger charge is 2.31. The van der Waals surface area contributed by atoms with Gasteiger partial charge >= 0.3 is 5.97 Å². The standard InChI is InChI=1S/C12H21NO4/c1-9-5-6-10(12(15)16)8-13(9)11(14)4-3-7-17-2/h9-10H,3-8H2,1-2H3,(H,15,16). The van der Waals surface area contributed by atoms with Crippen molar-refractivity contribution in [3.63, 3.8) is 0 Å². The second kappa shape index (κ2) is 6.59. The van der Waals surface area contributed by atoms with Crippen LogP contribution in [-0.2, 0) is 14.3 Å². The maximum absolute atomic E-state index is 11.9. The zero-order chi connectivity index (χ0) is 12.8. The lowest BCUT2D eigenvalue weighted by Crippen LogP contribution is -2.47. The highest BCUT2D eigenvalue weighted by molar-refractivity contribution is 5.78. The molecule has 0 aliphatic carbocycles. The zero-order valence-electron chi connectivity index (χ0n) is 10.5. The molecule has 0 radical (unpaired) electrons. The number of hydrogen-bond acceptors (Lipinski definition) is 3. The molecule has 1 aliphatic rings. The van der Waals surface area contributed by atoms with Gasteiger partial charge in [-0.05, 0) is 26.2 Å². The minimum atomic E-state index is -0.799. The number of ether oxygens (including phenoxy) is 1. The average molecular weight is 243 g/mol. The van der Waals surface area contributed by atoms with Gasteiger partial charge in [-0.2, -0.15) is 0 Å². The van der Waals surface area contributed by atoms with E-state index < -0.39 is 11.9 Å². The van der Waals surface area contributed by atoms with Crippen molar-refractivity contribution in [1.29, 1.82) is 0 Å². The van der Waals surface area contributed by atoms with Gasteiger partial charge in [0, 0.05) is 32.7 Å². The fourth-order valence-electron chi connectivity index (χ4n) is 2.17. The SMILES string of the molecule is COCCCC(=O)N1CC(C(=O)O)CCC1C. The highest BCUT2D eigenvalue weighted by Crippen LogP contribution is 2.22. The van der Waals surface area contributed by atoms with E-state index in [0.717, 1.165) is 6.42 Å². The molecule has 0 aromatic rings. The largest absolute Gasteiger partial charge is 0.481 e. The molecule has 5 heteroatoms. The predicted octanol–water partition coefficient (Wildman–Crippen LogP) is 1.12. The number of hydrogen-bond donors (Lipinski definition) is 1. The third-order valence-corrected chi connectivity index (χ3v) is 3.29. The fourth-order valence-corrected chi connectivity index (χ4v) is 2.17. The molecular formula is C12H21NO4. The molecule has 1 heterocycles. The first kappa shape index (κ1) is 14.0. The van der Waals surface area contributed by atoms with Crippen molar-refractivity contribution in [3.8, 4) is 0 Å². The molecule has 2 unspecified atom stereocenters. The number of carbonyl (C=O) groups is 2. The van der Waals surface area contributed by atoms with Crippen LogP contribution >= 0.6 is 0 Å². The second-order valence-electron chi connectivity index (χ2n) is 4.60. The molecule has 0 aromatic carbocycles. The van der Waals surface area contributed by atoms with Gasteiger partial charge in [0.25, 0.3) is 0 Å². The van der Waals surface area contributed by atoms with Gasteiger partial charge in [-0.15, -0.1) is 0 Å². The topological polar surface area (TPSA) is 66.8 Å². The lowest BCUT2D eigenvalue weighted by atomic mass is 9.93. The number of methoxy groups -OCH3 is 1. The van der Waals surface area contributed by atoms with E-state index in [9.17, 15) is 9.59 Å². The van der Waals surface area contributed by atoms with Crippen molar-refractivity contribution in [1.82, 2.24) is 4.90 Å². The summed E-state index contributed by atoms with van der Waals surface area (Å²) in [6, 6.07) is 0.153. The van der Waals surface area contributed by atoms with E-state index in [1.807, 2.05) is 6.92 Å². The maximum atomic E-state index is 11.9. The first-order chi connectivity index (χ1) is 8.06. The number of piperidine rings is 1. The van der Waals surface area contributed by atoms with Crippen molar-refractivity contribution in [3.05, 3.63) is 0 Å². The number of carbonyl (C=O) groups excluding carboxylic acids is 1. The number of carboxylic acid groups (broad SMARTS) is 1. The average Bonchev–Trinajstić information content (AvgIpc) is 2.29. The third kappa shape index (κ3) is 4.00. The molecule has 1 saturated heterocycles. The Hall–Kier alpha value is -1.10. The van der Waals surface area contributed by atoms with Crippen LogP contribution in [0.1, 0.15) is 32.6 Å². The van der Waals surface area contributed by atoms with Crippen molar-refractivity contribution in [2.45, 2.75) is 38.6 Å². The summed E-state index contributed by atoms with van der Waals surface area (Å²) < 4.78 is 4.90. The summed E-state index contributed by atoms with van der Waals surface area (Å²) in [4.78, 5) is 24.6. The number of nitrogens with zero attached hydrogens (tertiary/aromatic N) is 1. The molecule has 2 atom stereocenters. The summed E-state index contributed by atoms with van der Waals surface area (Å²) in [7, 11) is 1.61. The van der Waals surface area contributed by atoms with Crippen molar-refractivity contribution >= 4 is 11.9 Å². The fraction of sp³-hybridized carbons (Fsp3) is 0.833. The van der Waals surface area contributed by atoms with Crippen LogP contribution in [0.4, 0.5) is 0 Å². The van der Waals surface area contributed by atoms with Gasteiger partial charge in [-0.3, -0.25) is 9.59 Å². The Labute approximate surface area is 102 Å². The van der Waals surface area contributed by atoms with Gasteiger partial charge in [0.05, 0.1) is 5.92 Å². The number of likely N-dealkylation sites (tertiary alicyclic amines) is 1. The predicted molar refractivity (Wildman–Crippen MR) is 62.6 cm³/mol. The van der Waals surface area contributed by atoms with Gasteiger partial charge in [-0.1, -0.05) is 0 Å². The van der Waals surface area contributed by atoms with E-state index >= 15 is 0 Å². The summed E-state index contributed by atoms with van der Waals surface area (Å²) in [6.45, 7) is 2.89. The number of aliphatic carboxylic acids is 1. The van der Waals surface area contributed by atoms with Crippen LogP contribution in [0.2, 0.25) is 0 Å². The normalized spacial score (nSPS) is 24.7. The molecule has 0 aromatic heterocycles. The monoisotopic (exact) mass is 243 g/mol. The molecule has 17 heavy (non-hydrogen) atoms. The van der Waals surface area contributed by atoms with Crippen LogP contribution in [0.3, 0.4) is 0 Å². The molecular weight excluding hydrogens is 222 g/mol. The molecule has 1 aliphatic heterocycles. The van der Waals surface area contributed by atoms with E-state index in [1.54, 1.807) is 12.0 Å². The van der Waals surface area contributed by atoms with Gasteiger partial charge < -0.3 is 14.7 Å². The Bertz CT molecular complexity index is 280. The van der Waals surface area contributed by atoms with Gasteiger partial charge in [-0.25, -0.2) is 0 Å². The molecule has 5 nitrogen and oxygen atoms in total. The molecule has 0 saturated carbocycles. The summed E-state index contributed by atoms with van der Waals surface area (Å²) >= 11 is 0. The molecule has 1 N–H and O–H groups in total. The van der Waals surface area contributed by atoms with Crippen LogP contribution in [0, 0.1) is 5.92 Å². The summed E-state index contributed by atoms with van der Waals surface area (Å²) in [5, 5.41) is 8.98. The Morgan fingerprint density at radius 1 is 1.41 bits per heavy atom. The lowest BCUT2D eigenvalue weighted by molar-refractivity contribution is -0.147. The lowest BCUT2D eigenvalue weighted by Gasteiger charge is -2.36. The van der Waals surface area contributed by atoms with Crippen molar-refractivity contribution in [2.75, 3.05) is 20.3 Å². The maximum Gasteiger partial charge on any atom is 0.308 e. The number of rotatable bonds is 5. The Morgan fingerprint density at radius 2 is 2.12 bits per heavy atom. The first-order valence-corrected chi connectivity index (χ1v) is 6.07. The summed E-state index contributed by atoms with van der Waals surface area (Å²) in [6.07, 6.45) is 2.56. The van der Waals surface area contributed by atoms with Crippen LogP contribution in [0.15, 0.2) is 0 Å². The van der Waals surface area contributed by atoms with Gasteiger partial charge in [0.2, 0.25) is 5.91 Å². The van der Waals surface area contributed by atoms with Crippen LogP contribution in [0.5, 0.6) is 0 Å². The number of amides is 1. The van der Waals surface area contributed by atoms with Crippen LogP contribution < -0.4 is 0 Å². The van der Waals surface area contributed by atoms with Crippen LogP contribution in [0.25, 0.3) is 0 Å². The molecule has 0 bridgehead atoms. The van der Waals surface area contributed by atoms with E-state index in [-0.39, 0.29) is 11.9 Å². The highest BCUT2D eigenvalue weighted by atomic mass is 16.5. The Morgan fingerprint density at radius 3 is 2.71 bits per heavy atom. The van der Waals surface area contributed by atoms with Crippen molar-refractivity contribution < 1.29 is 19.4 Å². The smallest absolute Gasteiger partial charge is 0.308 e. The Balaban J connectivity index is 2.48. The molecule has 98 valence electrons. The van der Waals surface area contributed by atoms with Crippen molar-refractivity contribution in [2.24, 2.45) is 5.92 Å². The van der Waals surface area contributed by atoms with E-state index in [0.29, 0.717) is 32.4 Å². The minimum Gasteiger partial charge on any atom is -0.481 e. The summed E-state index contributed by atoms with van der Waals surface area (Å²) in [5.41, 5.74) is 0. The summed E-state index contributed by atoms with van der Waals surface area (Å²) in [5.74, 6) is -1.16. The third-order valence-electron chi connectivity index (χ3n) is 3.29. The van der Waals surface area contributed by atoms with Gasteiger partial charge in [0.1, 0.15) is 0 Å². The zero-order valence-corrected chi connectivity index (χ0v) is 10.5. The molecule has 1 fully saturated rings. The van der Waals surface area contributed by atoms with E-state index in [4.69, 9.17) is 9.84 Å².